The summed E-state index contributed by atoms with van der Waals surface area (Å²) in [5.41, 5.74) is 5.38. The third-order valence-electron chi connectivity index (χ3n) is 2.53. The van der Waals surface area contributed by atoms with Crippen molar-refractivity contribution in [1.29, 1.82) is 0 Å². The minimum absolute atomic E-state index is 0.418. The molecule has 1 aromatic heterocycles. The molecule has 0 bridgehead atoms. The number of carboxylic acid groups (broad SMARTS) is 1. The Hall–Kier alpha value is -1.43. The second-order valence-corrected chi connectivity index (χ2v) is 3.66. The topological polar surface area (TPSA) is 94.0 Å². The minimum atomic E-state index is -0.792. The van der Waals surface area contributed by atoms with Gasteiger partial charge in [0.15, 0.2) is 0 Å². The van der Waals surface area contributed by atoms with Gasteiger partial charge in [0.1, 0.15) is 12.2 Å². The molecule has 90 valence electrons. The molecule has 3 N–H and O–H groups in total. The Morgan fingerprint density at radius 3 is 3.00 bits per heavy atom. The number of nitrogens with two attached hydrogens (primary N) is 1. The van der Waals surface area contributed by atoms with Gasteiger partial charge in [-0.25, -0.2) is 4.98 Å². The molecule has 0 radical (unpaired) electrons. The second kappa shape index (κ2) is 6.22. The summed E-state index contributed by atoms with van der Waals surface area (Å²) in [6.45, 7) is 3.18. The van der Waals surface area contributed by atoms with Crippen molar-refractivity contribution in [3.05, 3.63) is 12.2 Å². The molecule has 6 nitrogen and oxygen atoms in total. The van der Waals surface area contributed by atoms with E-state index in [1.54, 1.807) is 4.68 Å². The van der Waals surface area contributed by atoms with Gasteiger partial charge in [-0.05, 0) is 26.3 Å². The van der Waals surface area contributed by atoms with Crippen molar-refractivity contribution >= 4 is 5.97 Å². The van der Waals surface area contributed by atoms with Gasteiger partial charge in [0.25, 0.3) is 0 Å². The SMILES string of the molecule is CCn1ncnc1CC(CCCN)C(=O)O. The van der Waals surface area contributed by atoms with Crippen LogP contribution < -0.4 is 5.73 Å². The van der Waals surface area contributed by atoms with E-state index in [0.717, 1.165) is 12.2 Å². The Bertz CT molecular complexity index is 337. The van der Waals surface area contributed by atoms with Gasteiger partial charge in [0.2, 0.25) is 0 Å². The lowest BCUT2D eigenvalue weighted by Crippen LogP contribution is -2.20. The highest BCUT2D eigenvalue weighted by Gasteiger charge is 2.19. The lowest BCUT2D eigenvalue weighted by Gasteiger charge is -2.11. The van der Waals surface area contributed by atoms with Gasteiger partial charge in [-0.15, -0.1) is 0 Å². The van der Waals surface area contributed by atoms with E-state index >= 15 is 0 Å². The van der Waals surface area contributed by atoms with E-state index in [1.165, 1.54) is 6.33 Å². The van der Waals surface area contributed by atoms with Gasteiger partial charge >= 0.3 is 5.97 Å². The molecule has 0 aromatic carbocycles. The molecule has 0 aliphatic heterocycles. The van der Waals surface area contributed by atoms with E-state index in [-0.39, 0.29) is 0 Å². The lowest BCUT2D eigenvalue weighted by molar-refractivity contribution is -0.142. The summed E-state index contributed by atoms with van der Waals surface area (Å²) in [7, 11) is 0. The fourth-order valence-corrected chi connectivity index (χ4v) is 1.61. The highest BCUT2D eigenvalue weighted by atomic mass is 16.4. The molecule has 1 rings (SSSR count). The molecule has 0 spiro atoms. The van der Waals surface area contributed by atoms with E-state index in [4.69, 9.17) is 10.8 Å². The molecule has 0 fully saturated rings. The zero-order valence-corrected chi connectivity index (χ0v) is 9.46. The van der Waals surface area contributed by atoms with Crippen LogP contribution in [-0.2, 0) is 17.8 Å². The molecule has 1 heterocycles. The molecule has 6 heteroatoms. The summed E-state index contributed by atoms with van der Waals surface area (Å²) in [4.78, 5) is 15.1. The lowest BCUT2D eigenvalue weighted by atomic mass is 9.99. The van der Waals surface area contributed by atoms with Crippen molar-refractivity contribution in [2.45, 2.75) is 32.7 Å². The standard InChI is InChI=1S/C10H18N4O2/c1-2-14-9(12-7-13-14)6-8(10(15)16)4-3-5-11/h7-8H,2-6,11H2,1H3,(H,15,16). The molecule has 1 atom stereocenters. The minimum Gasteiger partial charge on any atom is -0.481 e. The first-order valence-electron chi connectivity index (χ1n) is 5.48. The average molecular weight is 226 g/mol. The molecule has 0 saturated heterocycles. The first-order valence-corrected chi connectivity index (χ1v) is 5.48. The molecule has 1 aromatic rings. The molecule has 0 aliphatic carbocycles. The number of rotatable bonds is 7. The van der Waals surface area contributed by atoms with Gasteiger partial charge in [-0.3, -0.25) is 9.48 Å². The first-order chi connectivity index (χ1) is 7.69. The van der Waals surface area contributed by atoms with Crippen molar-refractivity contribution < 1.29 is 9.90 Å². The number of carbonyl (C=O) groups is 1. The Morgan fingerprint density at radius 1 is 1.69 bits per heavy atom. The van der Waals surface area contributed by atoms with Gasteiger partial charge in [-0.2, -0.15) is 5.10 Å². The summed E-state index contributed by atoms with van der Waals surface area (Å²) < 4.78 is 1.72. The monoisotopic (exact) mass is 226 g/mol. The number of aryl methyl sites for hydroxylation is 1. The third kappa shape index (κ3) is 3.30. The van der Waals surface area contributed by atoms with Crippen LogP contribution >= 0.6 is 0 Å². The second-order valence-electron chi connectivity index (χ2n) is 3.66. The zero-order valence-electron chi connectivity index (χ0n) is 9.46. The van der Waals surface area contributed by atoms with E-state index in [9.17, 15) is 4.79 Å². The third-order valence-corrected chi connectivity index (χ3v) is 2.53. The molecule has 0 saturated carbocycles. The summed E-state index contributed by atoms with van der Waals surface area (Å²) in [6, 6.07) is 0. The number of carboxylic acids is 1. The van der Waals surface area contributed by atoms with Crippen LogP contribution in [0.2, 0.25) is 0 Å². The summed E-state index contributed by atoms with van der Waals surface area (Å²) in [5, 5.41) is 13.1. The van der Waals surface area contributed by atoms with Crippen LogP contribution in [0.3, 0.4) is 0 Å². The van der Waals surface area contributed by atoms with Crippen LogP contribution in [0.5, 0.6) is 0 Å². The zero-order chi connectivity index (χ0) is 12.0. The Kier molecular flexibility index (Phi) is 4.91. The summed E-state index contributed by atoms with van der Waals surface area (Å²) in [5.74, 6) is -0.482. The first kappa shape index (κ1) is 12.6. The Morgan fingerprint density at radius 2 is 2.44 bits per heavy atom. The van der Waals surface area contributed by atoms with E-state index in [2.05, 4.69) is 10.1 Å². The molecule has 0 aliphatic rings. The fourth-order valence-electron chi connectivity index (χ4n) is 1.61. The van der Waals surface area contributed by atoms with Crippen LogP contribution in [0.1, 0.15) is 25.6 Å². The Balaban J connectivity index is 2.64. The normalized spacial score (nSPS) is 12.6. The van der Waals surface area contributed by atoms with Crippen molar-refractivity contribution in [2.75, 3.05) is 6.54 Å². The summed E-state index contributed by atoms with van der Waals surface area (Å²) >= 11 is 0. The maximum Gasteiger partial charge on any atom is 0.306 e. The van der Waals surface area contributed by atoms with Crippen molar-refractivity contribution in [3.63, 3.8) is 0 Å². The maximum absolute atomic E-state index is 11.0. The molecular formula is C10H18N4O2. The highest BCUT2D eigenvalue weighted by Crippen LogP contribution is 2.12. The summed E-state index contributed by atoms with van der Waals surface area (Å²) in [6.07, 6.45) is 3.18. The van der Waals surface area contributed by atoms with Crippen molar-refractivity contribution in [1.82, 2.24) is 14.8 Å². The number of nitrogens with zero attached hydrogens (tertiary/aromatic N) is 3. The Labute approximate surface area is 94.5 Å². The van der Waals surface area contributed by atoms with Crippen LogP contribution in [0, 0.1) is 5.92 Å². The highest BCUT2D eigenvalue weighted by molar-refractivity contribution is 5.70. The van der Waals surface area contributed by atoms with Gasteiger partial charge in [-0.1, -0.05) is 0 Å². The van der Waals surface area contributed by atoms with Gasteiger partial charge in [0, 0.05) is 13.0 Å². The predicted molar refractivity (Wildman–Crippen MR) is 58.8 cm³/mol. The van der Waals surface area contributed by atoms with E-state index in [1.807, 2.05) is 6.92 Å². The molecule has 16 heavy (non-hydrogen) atoms. The van der Waals surface area contributed by atoms with Crippen molar-refractivity contribution in [2.24, 2.45) is 11.7 Å². The number of aliphatic carboxylic acids is 1. The molecule has 0 amide bonds. The smallest absolute Gasteiger partial charge is 0.306 e. The van der Waals surface area contributed by atoms with Crippen molar-refractivity contribution in [3.8, 4) is 0 Å². The molecular weight excluding hydrogens is 208 g/mol. The quantitative estimate of drug-likeness (QED) is 0.696. The number of aromatic nitrogens is 3. The van der Waals surface area contributed by atoms with Crippen LogP contribution in [0.4, 0.5) is 0 Å². The largest absolute Gasteiger partial charge is 0.481 e. The average Bonchev–Trinajstić information content (AvgIpc) is 2.70. The van der Waals surface area contributed by atoms with E-state index in [0.29, 0.717) is 25.9 Å². The fraction of sp³-hybridized carbons (Fsp3) is 0.700. The van der Waals surface area contributed by atoms with Gasteiger partial charge < -0.3 is 10.8 Å². The predicted octanol–water partition coefficient (Wildman–Crippen LogP) is 0.280. The van der Waals surface area contributed by atoms with Crippen LogP contribution in [-0.4, -0.2) is 32.4 Å². The molecule has 1 unspecified atom stereocenters. The number of hydrogen-bond donors (Lipinski definition) is 2. The number of hydrogen-bond acceptors (Lipinski definition) is 4. The van der Waals surface area contributed by atoms with E-state index < -0.39 is 11.9 Å². The van der Waals surface area contributed by atoms with Gasteiger partial charge in [0.05, 0.1) is 5.92 Å². The maximum atomic E-state index is 11.0. The van der Waals surface area contributed by atoms with Crippen LogP contribution in [0.15, 0.2) is 6.33 Å². The van der Waals surface area contributed by atoms with Crippen LogP contribution in [0.25, 0.3) is 0 Å².